The van der Waals surface area contributed by atoms with Crippen LogP contribution in [0.3, 0.4) is 0 Å². The Kier molecular flexibility index (Phi) is 5.76. The van der Waals surface area contributed by atoms with Crippen LogP contribution in [0, 0.1) is 12.8 Å². The van der Waals surface area contributed by atoms with Gasteiger partial charge in [-0.3, -0.25) is 4.79 Å². The van der Waals surface area contributed by atoms with E-state index in [2.05, 4.69) is 24.5 Å². The number of urea groups is 1. The number of hydrogen-bond acceptors (Lipinski definition) is 2. The molecule has 0 aliphatic carbocycles. The lowest BCUT2D eigenvalue weighted by molar-refractivity contribution is -0.141. The Hall–Kier alpha value is -2.04. The summed E-state index contributed by atoms with van der Waals surface area (Å²) < 4.78 is 0. The summed E-state index contributed by atoms with van der Waals surface area (Å²) in [7, 11) is 0. The molecule has 0 spiro atoms. The summed E-state index contributed by atoms with van der Waals surface area (Å²) in [5, 5.41) is 14.5. The van der Waals surface area contributed by atoms with E-state index in [1.807, 2.05) is 25.1 Å². The van der Waals surface area contributed by atoms with Gasteiger partial charge in [-0.2, -0.15) is 0 Å². The number of carboxylic acid groups (broad SMARTS) is 1. The van der Waals surface area contributed by atoms with Gasteiger partial charge >= 0.3 is 12.0 Å². The quantitative estimate of drug-likeness (QED) is 0.778. The Balaban J connectivity index is 2.82. The van der Waals surface area contributed by atoms with Gasteiger partial charge in [0.15, 0.2) is 0 Å². The van der Waals surface area contributed by atoms with Crippen molar-refractivity contribution < 1.29 is 14.7 Å². The van der Waals surface area contributed by atoms with E-state index in [0.717, 1.165) is 16.8 Å². The Morgan fingerprint density at radius 3 is 2.29 bits per heavy atom. The van der Waals surface area contributed by atoms with Crippen molar-refractivity contribution in [1.82, 2.24) is 5.32 Å². The van der Waals surface area contributed by atoms with Crippen LogP contribution in [0.15, 0.2) is 18.2 Å². The number of aliphatic carboxylic acids is 1. The average molecular weight is 292 g/mol. The second-order valence-corrected chi connectivity index (χ2v) is 5.71. The van der Waals surface area contributed by atoms with E-state index in [1.165, 1.54) is 0 Å². The molecule has 0 aliphatic heterocycles. The van der Waals surface area contributed by atoms with E-state index in [0.29, 0.717) is 0 Å². The number of para-hydroxylation sites is 1. The van der Waals surface area contributed by atoms with Crippen LogP contribution in [0.2, 0.25) is 0 Å². The number of carbonyl (C=O) groups excluding carboxylic acids is 1. The van der Waals surface area contributed by atoms with Crippen LogP contribution >= 0.6 is 0 Å². The third-order valence-electron chi connectivity index (χ3n) is 3.66. The van der Waals surface area contributed by atoms with Crippen molar-refractivity contribution in [2.75, 3.05) is 5.32 Å². The topological polar surface area (TPSA) is 78.4 Å². The third-order valence-corrected chi connectivity index (χ3v) is 3.66. The van der Waals surface area contributed by atoms with Crippen LogP contribution in [0.5, 0.6) is 0 Å². The van der Waals surface area contributed by atoms with Crippen LogP contribution in [0.25, 0.3) is 0 Å². The maximum Gasteiger partial charge on any atom is 0.319 e. The normalized spacial score (nSPS) is 13.6. The van der Waals surface area contributed by atoms with E-state index < -0.39 is 17.9 Å². The number of amides is 2. The van der Waals surface area contributed by atoms with Crippen molar-refractivity contribution in [1.29, 1.82) is 0 Å². The van der Waals surface area contributed by atoms with Crippen molar-refractivity contribution >= 4 is 17.7 Å². The molecular formula is C16H24N2O3. The van der Waals surface area contributed by atoms with E-state index in [9.17, 15) is 9.59 Å². The molecule has 2 amide bonds. The first-order chi connectivity index (χ1) is 9.73. The summed E-state index contributed by atoms with van der Waals surface area (Å²) in [4.78, 5) is 23.0. The van der Waals surface area contributed by atoms with Crippen LogP contribution in [-0.2, 0) is 4.79 Å². The molecule has 21 heavy (non-hydrogen) atoms. The Bertz CT molecular complexity index is 526. The average Bonchev–Trinajstić information content (AvgIpc) is 2.39. The number of nitrogens with one attached hydrogen (secondary N) is 2. The maximum atomic E-state index is 12.1. The summed E-state index contributed by atoms with van der Waals surface area (Å²) in [6.07, 6.45) is 0. The molecule has 0 saturated heterocycles. The number of anilines is 1. The minimum atomic E-state index is -0.929. The van der Waals surface area contributed by atoms with Crippen LogP contribution in [0.1, 0.15) is 44.7 Å². The van der Waals surface area contributed by atoms with Gasteiger partial charge in [-0.25, -0.2) is 4.79 Å². The molecule has 0 radical (unpaired) electrons. The van der Waals surface area contributed by atoms with E-state index in [4.69, 9.17) is 5.11 Å². The van der Waals surface area contributed by atoms with Crippen LogP contribution < -0.4 is 10.6 Å². The van der Waals surface area contributed by atoms with Crippen molar-refractivity contribution in [2.45, 2.75) is 46.6 Å². The largest absolute Gasteiger partial charge is 0.481 e. The zero-order valence-electron chi connectivity index (χ0n) is 13.2. The molecule has 5 heteroatoms. The molecule has 0 aliphatic rings. The third kappa shape index (κ3) is 4.48. The SMILES string of the molecule is Cc1cccc(C(C)C)c1NC(=O)NC(C)C(C)C(=O)O. The van der Waals surface area contributed by atoms with Gasteiger partial charge in [0.25, 0.3) is 0 Å². The minimum Gasteiger partial charge on any atom is -0.481 e. The summed E-state index contributed by atoms with van der Waals surface area (Å²) in [6.45, 7) is 9.31. The molecule has 1 aromatic rings. The smallest absolute Gasteiger partial charge is 0.319 e. The number of aryl methyl sites for hydroxylation is 1. The van der Waals surface area contributed by atoms with Gasteiger partial charge in [-0.05, 0) is 37.8 Å². The molecule has 0 bridgehead atoms. The molecule has 1 rings (SSSR count). The lowest BCUT2D eigenvalue weighted by Crippen LogP contribution is -2.42. The second-order valence-electron chi connectivity index (χ2n) is 5.71. The highest BCUT2D eigenvalue weighted by Crippen LogP contribution is 2.27. The first kappa shape index (κ1) is 17.0. The molecule has 0 heterocycles. The molecule has 2 unspecified atom stereocenters. The Morgan fingerprint density at radius 2 is 1.76 bits per heavy atom. The van der Waals surface area contributed by atoms with Gasteiger partial charge < -0.3 is 15.7 Å². The highest BCUT2D eigenvalue weighted by molar-refractivity contribution is 5.91. The molecule has 0 saturated carbocycles. The van der Waals surface area contributed by atoms with E-state index in [1.54, 1.807) is 13.8 Å². The van der Waals surface area contributed by atoms with Crippen molar-refractivity contribution in [2.24, 2.45) is 5.92 Å². The van der Waals surface area contributed by atoms with E-state index >= 15 is 0 Å². The van der Waals surface area contributed by atoms with Crippen molar-refractivity contribution in [3.63, 3.8) is 0 Å². The molecule has 0 fully saturated rings. The lowest BCUT2D eigenvalue weighted by Gasteiger charge is -2.20. The molecular weight excluding hydrogens is 268 g/mol. The van der Waals surface area contributed by atoms with Gasteiger partial charge in [0.2, 0.25) is 0 Å². The fourth-order valence-corrected chi connectivity index (χ4v) is 2.04. The number of benzene rings is 1. The van der Waals surface area contributed by atoms with E-state index in [-0.39, 0.29) is 11.9 Å². The molecule has 116 valence electrons. The zero-order chi connectivity index (χ0) is 16.2. The van der Waals surface area contributed by atoms with Gasteiger partial charge in [0.1, 0.15) is 0 Å². The minimum absolute atomic E-state index is 0.288. The predicted octanol–water partition coefficient (Wildman–Crippen LogP) is 3.35. The summed E-state index contributed by atoms with van der Waals surface area (Å²) >= 11 is 0. The van der Waals surface area contributed by atoms with Gasteiger partial charge in [-0.15, -0.1) is 0 Å². The second kappa shape index (κ2) is 7.11. The zero-order valence-corrected chi connectivity index (χ0v) is 13.2. The van der Waals surface area contributed by atoms with Crippen molar-refractivity contribution in [3.8, 4) is 0 Å². The molecule has 2 atom stereocenters. The van der Waals surface area contributed by atoms with Gasteiger partial charge in [0.05, 0.1) is 5.92 Å². The number of rotatable bonds is 5. The number of carboxylic acids is 1. The number of carbonyl (C=O) groups is 2. The highest BCUT2D eigenvalue weighted by atomic mass is 16.4. The predicted molar refractivity (Wildman–Crippen MR) is 83.7 cm³/mol. The van der Waals surface area contributed by atoms with Gasteiger partial charge in [0, 0.05) is 11.7 Å². The number of hydrogen-bond donors (Lipinski definition) is 3. The highest BCUT2D eigenvalue weighted by Gasteiger charge is 2.21. The standard InChI is InChI=1S/C16H24N2O3/c1-9(2)13-8-6-7-10(3)14(13)18-16(21)17-12(5)11(4)15(19)20/h6-9,11-12H,1-5H3,(H,19,20)(H2,17,18,21). The van der Waals surface area contributed by atoms with Crippen LogP contribution in [-0.4, -0.2) is 23.1 Å². The monoisotopic (exact) mass is 292 g/mol. The fraction of sp³-hybridized carbons (Fsp3) is 0.500. The molecule has 3 N–H and O–H groups in total. The molecule has 0 aromatic heterocycles. The van der Waals surface area contributed by atoms with Crippen LogP contribution in [0.4, 0.5) is 10.5 Å². The summed E-state index contributed by atoms with van der Waals surface area (Å²) in [5.74, 6) is -1.28. The Labute approximate surface area is 125 Å². The molecule has 1 aromatic carbocycles. The summed E-state index contributed by atoms with van der Waals surface area (Å²) in [6, 6.07) is 5.05. The first-order valence-electron chi connectivity index (χ1n) is 7.13. The maximum absolute atomic E-state index is 12.1. The lowest BCUT2D eigenvalue weighted by atomic mass is 9.98. The first-order valence-corrected chi connectivity index (χ1v) is 7.13. The molecule has 5 nitrogen and oxygen atoms in total. The van der Waals surface area contributed by atoms with Gasteiger partial charge in [-0.1, -0.05) is 32.0 Å². The van der Waals surface area contributed by atoms with Crippen molar-refractivity contribution in [3.05, 3.63) is 29.3 Å². The fourth-order valence-electron chi connectivity index (χ4n) is 2.04. The Morgan fingerprint density at radius 1 is 1.14 bits per heavy atom. The summed E-state index contributed by atoms with van der Waals surface area (Å²) in [5.41, 5.74) is 2.83.